The molecule has 0 saturated carbocycles. The maximum atomic E-state index is 12.0. The van der Waals surface area contributed by atoms with Crippen molar-refractivity contribution in [3.8, 4) is 0 Å². The van der Waals surface area contributed by atoms with Crippen LogP contribution in [0.3, 0.4) is 0 Å². The molecular weight excluding hydrogens is 254 g/mol. The van der Waals surface area contributed by atoms with Crippen molar-refractivity contribution in [2.75, 3.05) is 6.54 Å². The Balaban J connectivity index is 2.15. The summed E-state index contributed by atoms with van der Waals surface area (Å²) in [5.41, 5.74) is 3.80. The lowest BCUT2D eigenvalue weighted by Gasteiger charge is -2.36. The van der Waals surface area contributed by atoms with Crippen LogP contribution in [0.15, 0.2) is 35.7 Å². The van der Waals surface area contributed by atoms with Crippen molar-refractivity contribution in [1.29, 1.82) is 0 Å². The molecule has 0 bridgehead atoms. The van der Waals surface area contributed by atoms with E-state index in [0.717, 1.165) is 13.0 Å². The Labute approximate surface area is 117 Å². The normalized spacial score (nSPS) is 18.2. The molecule has 0 saturated heterocycles. The van der Waals surface area contributed by atoms with Crippen molar-refractivity contribution in [2.24, 2.45) is 0 Å². The molecule has 2 aromatic rings. The lowest BCUT2D eigenvalue weighted by molar-refractivity contribution is -0.130. The summed E-state index contributed by atoms with van der Waals surface area (Å²) < 4.78 is 0. The largest absolute Gasteiger partial charge is 0.331 e. The van der Waals surface area contributed by atoms with Crippen molar-refractivity contribution in [3.63, 3.8) is 0 Å². The van der Waals surface area contributed by atoms with Gasteiger partial charge in [0.15, 0.2) is 0 Å². The number of rotatable bonds is 1. The zero-order valence-electron chi connectivity index (χ0n) is 11.2. The first kappa shape index (κ1) is 12.4. The van der Waals surface area contributed by atoms with Crippen LogP contribution in [-0.2, 0) is 11.2 Å². The summed E-state index contributed by atoms with van der Waals surface area (Å²) in [5, 5.41) is 2.14. The van der Waals surface area contributed by atoms with Crippen LogP contribution in [0.25, 0.3) is 0 Å². The molecule has 0 spiro atoms. The predicted molar refractivity (Wildman–Crippen MR) is 78.4 cm³/mol. The number of hydrogen-bond acceptors (Lipinski definition) is 2. The molecule has 0 radical (unpaired) electrons. The zero-order chi connectivity index (χ0) is 13.4. The highest BCUT2D eigenvalue weighted by atomic mass is 32.1. The molecule has 0 N–H and O–H groups in total. The first-order valence-corrected chi connectivity index (χ1v) is 7.45. The lowest BCUT2D eigenvalue weighted by Crippen LogP contribution is -2.38. The Kier molecular flexibility index (Phi) is 3.15. The van der Waals surface area contributed by atoms with Gasteiger partial charge in [0.1, 0.15) is 0 Å². The Hall–Kier alpha value is -1.61. The summed E-state index contributed by atoms with van der Waals surface area (Å²) >= 11 is 1.81. The SMILES string of the molecule is CC(=O)N1CCc2sccc2[C@@H]1c1ccccc1C. The van der Waals surface area contributed by atoms with Crippen molar-refractivity contribution in [3.05, 3.63) is 57.3 Å². The van der Waals surface area contributed by atoms with Crippen molar-refractivity contribution in [1.82, 2.24) is 4.90 Å². The Morgan fingerprint density at radius 1 is 1.26 bits per heavy atom. The Bertz CT molecular complexity index is 617. The topological polar surface area (TPSA) is 20.3 Å². The van der Waals surface area contributed by atoms with Gasteiger partial charge in [-0.25, -0.2) is 0 Å². The molecule has 19 heavy (non-hydrogen) atoms. The molecule has 0 fully saturated rings. The molecule has 1 aliphatic heterocycles. The van der Waals surface area contributed by atoms with E-state index in [1.807, 2.05) is 11.0 Å². The first-order valence-electron chi connectivity index (χ1n) is 6.57. The molecule has 3 heteroatoms. The summed E-state index contributed by atoms with van der Waals surface area (Å²) in [6.07, 6.45) is 0.981. The van der Waals surface area contributed by atoms with Crippen LogP contribution in [0.2, 0.25) is 0 Å². The maximum absolute atomic E-state index is 12.0. The van der Waals surface area contributed by atoms with E-state index in [4.69, 9.17) is 0 Å². The lowest BCUT2D eigenvalue weighted by atomic mass is 9.90. The minimum atomic E-state index is 0.0914. The van der Waals surface area contributed by atoms with Crippen LogP contribution in [-0.4, -0.2) is 17.4 Å². The highest BCUT2D eigenvalue weighted by molar-refractivity contribution is 7.10. The molecule has 98 valence electrons. The number of fused-ring (bicyclic) bond motifs is 1. The number of hydrogen-bond donors (Lipinski definition) is 0. The second-order valence-electron chi connectivity index (χ2n) is 5.02. The monoisotopic (exact) mass is 271 g/mol. The van der Waals surface area contributed by atoms with Crippen LogP contribution < -0.4 is 0 Å². The summed E-state index contributed by atoms with van der Waals surface area (Å²) in [6, 6.07) is 10.6. The third-order valence-corrected chi connectivity index (χ3v) is 4.85. The Morgan fingerprint density at radius 2 is 2.05 bits per heavy atom. The van der Waals surface area contributed by atoms with E-state index in [1.54, 1.807) is 18.3 Å². The number of amides is 1. The van der Waals surface area contributed by atoms with Gasteiger partial charge in [0.05, 0.1) is 6.04 Å². The van der Waals surface area contributed by atoms with Crippen LogP contribution in [0.1, 0.15) is 34.5 Å². The fourth-order valence-electron chi connectivity index (χ4n) is 2.88. The fraction of sp³-hybridized carbons (Fsp3) is 0.312. The number of thiophene rings is 1. The first-order chi connectivity index (χ1) is 9.18. The third-order valence-electron chi connectivity index (χ3n) is 3.85. The average Bonchev–Trinajstić information content (AvgIpc) is 2.86. The summed E-state index contributed by atoms with van der Waals surface area (Å²) in [7, 11) is 0. The quantitative estimate of drug-likeness (QED) is 0.776. The highest BCUT2D eigenvalue weighted by Crippen LogP contribution is 2.38. The van der Waals surface area contributed by atoms with Gasteiger partial charge < -0.3 is 4.90 Å². The highest BCUT2D eigenvalue weighted by Gasteiger charge is 2.31. The minimum Gasteiger partial charge on any atom is -0.331 e. The average molecular weight is 271 g/mol. The van der Waals surface area contributed by atoms with Gasteiger partial charge in [0.25, 0.3) is 0 Å². The number of nitrogens with zero attached hydrogens (tertiary/aromatic N) is 1. The van der Waals surface area contributed by atoms with Crippen LogP contribution in [0, 0.1) is 6.92 Å². The van der Waals surface area contributed by atoms with E-state index in [-0.39, 0.29) is 11.9 Å². The molecule has 1 aromatic heterocycles. The fourth-order valence-corrected chi connectivity index (χ4v) is 3.79. The second-order valence-corrected chi connectivity index (χ2v) is 6.02. The second kappa shape index (κ2) is 4.82. The molecule has 1 amide bonds. The van der Waals surface area contributed by atoms with Gasteiger partial charge in [-0.1, -0.05) is 24.3 Å². The van der Waals surface area contributed by atoms with E-state index >= 15 is 0 Å². The van der Waals surface area contributed by atoms with E-state index in [2.05, 4.69) is 36.6 Å². The van der Waals surface area contributed by atoms with Gasteiger partial charge >= 0.3 is 0 Å². The number of aryl methyl sites for hydroxylation is 1. The predicted octanol–water partition coefficient (Wildman–Crippen LogP) is 3.55. The van der Waals surface area contributed by atoms with Gasteiger partial charge in [-0.3, -0.25) is 4.79 Å². The van der Waals surface area contributed by atoms with Gasteiger partial charge in [-0.05, 0) is 41.5 Å². The van der Waals surface area contributed by atoms with E-state index in [9.17, 15) is 4.79 Å². The standard InChI is InChI=1S/C16H17NOS/c1-11-5-3-4-6-13(11)16-14-8-10-19-15(14)7-9-17(16)12(2)18/h3-6,8,10,16H,7,9H2,1-2H3/t16-/m0/s1. The molecule has 2 heterocycles. The molecule has 3 rings (SSSR count). The molecule has 1 atom stereocenters. The van der Waals surface area contributed by atoms with Gasteiger partial charge in [-0.2, -0.15) is 0 Å². The van der Waals surface area contributed by atoms with Gasteiger partial charge in [-0.15, -0.1) is 11.3 Å². The molecule has 0 aliphatic carbocycles. The van der Waals surface area contributed by atoms with Gasteiger partial charge in [0.2, 0.25) is 5.91 Å². The Morgan fingerprint density at radius 3 is 2.79 bits per heavy atom. The van der Waals surface area contributed by atoms with Crippen molar-refractivity contribution < 1.29 is 4.79 Å². The van der Waals surface area contributed by atoms with Crippen molar-refractivity contribution >= 4 is 17.2 Å². The molecule has 1 aromatic carbocycles. The molecule has 0 unspecified atom stereocenters. The van der Waals surface area contributed by atoms with Gasteiger partial charge in [0, 0.05) is 18.3 Å². The molecular formula is C16H17NOS. The summed E-state index contributed by atoms with van der Waals surface area (Å²) in [4.78, 5) is 15.4. The van der Waals surface area contributed by atoms with Crippen LogP contribution in [0.5, 0.6) is 0 Å². The zero-order valence-corrected chi connectivity index (χ0v) is 12.0. The third kappa shape index (κ3) is 2.08. The number of carbonyl (C=O) groups excluding carboxylic acids is 1. The van der Waals surface area contributed by atoms with Crippen LogP contribution in [0.4, 0.5) is 0 Å². The van der Waals surface area contributed by atoms with E-state index in [0.29, 0.717) is 0 Å². The summed E-state index contributed by atoms with van der Waals surface area (Å²) in [6.45, 7) is 4.61. The van der Waals surface area contributed by atoms with Crippen LogP contribution >= 0.6 is 11.3 Å². The summed E-state index contributed by atoms with van der Waals surface area (Å²) in [5.74, 6) is 0.158. The number of benzene rings is 1. The maximum Gasteiger partial charge on any atom is 0.220 e. The number of carbonyl (C=O) groups is 1. The smallest absolute Gasteiger partial charge is 0.220 e. The van der Waals surface area contributed by atoms with E-state index < -0.39 is 0 Å². The molecule has 2 nitrogen and oxygen atoms in total. The molecule has 1 aliphatic rings. The minimum absolute atomic E-state index is 0.0914. The van der Waals surface area contributed by atoms with E-state index in [1.165, 1.54) is 21.6 Å². The van der Waals surface area contributed by atoms with Crippen molar-refractivity contribution in [2.45, 2.75) is 26.3 Å².